The molecule has 1 atom stereocenters. The molecule has 0 aliphatic carbocycles. The third-order valence-electron chi connectivity index (χ3n) is 3.08. The molecule has 1 heterocycles. The summed E-state index contributed by atoms with van der Waals surface area (Å²) in [5.74, 6) is 1.04. The Morgan fingerprint density at radius 3 is 2.85 bits per heavy atom. The predicted octanol–water partition coefficient (Wildman–Crippen LogP) is 3.09. The first-order valence-corrected chi connectivity index (χ1v) is 8.10. The minimum absolute atomic E-state index is 0.473. The van der Waals surface area contributed by atoms with Crippen molar-refractivity contribution >= 4 is 16.5 Å². The molecule has 2 N–H and O–H groups in total. The molecule has 20 heavy (non-hydrogen) atoms. The summed E-state index contributed by atoms with van der Waals surface area (Å²) in [4.78, 5) is 6.98. The summed E-state index contributed by atoms with van der Waals surface area (Å²) < 4.78 is 12.3. The van der Waals surface area contributed by atoms with Crippen LogP contribution in [-0.4, -0.2) is 20.7 Å². The standard InChI is InChI=1S/C15H21N3OS/c1-11(2)9-18-14-6-4-5-12(3)13(14)10-20(19)15-16-7-8-17-15/h4-8,11,18H,9-10H2,1-3H3,(H,16,17). The zero-order chi connectivity index (χ0) is 14.5. The van der Waals surface area contributed by atoms with Gasteiger partial charge in [0.25, 0.3) is 0 Å². The minimum atomic E-state index is -1.14. The van der Waals surface area contributed by atoms with Crippen LogP contribution in [0.1, 0.15) is 25.0 Å². The smallest absolute Gasteiger partial charge is 0.196 e. The molecule has 0 fully saturated rings. The second-order valence-electron chi connectivity index (χ2n) is 5.26. The Morgan fingerprint density at radius 2 is 2.20 bits per heavy atom. The van der Waals surface area contributed by atoms with Crippen LogP contribution in [0.25, 0.3) is 0 Å². The lowest BCUT2D eigenvalue weighted by Crippen LogP contribution is -2.11. The van der Waals surface area contributed by atoms with Gasteiger partial charge in [-0.25, -0.2) is 4.98 Å². The Balaban J connectivity index is 2.19. The molecular weight excluding hydrogens is 270 g/mol. The molecule has 2 rings (SSSR count). The first-order valence-electron chi connectivity index (χ1n) is 6.78. The molecule has 4 nitrogen and oxygen atoms in total. The molecule has 0 spiro atoms. The van der Waals surface area contributed by atoms with Gasteiger partial charge in [-0.1, -0.05) is 26.0 Å². The highest BCUT2D eigenvalue weighted by Crippen LogP contribution is 2.23. The maximum Gasteiger partial charge on any atom is 0.196 e. The number of H-pyrrole nitrogens is 1. The summed E-state index contributed by atoms with van der Waals surface area (Å²) >= 11 is 0. The highest BCUT2D eigenvalue weighted by atomic mass is 32.2. The van der Waals surface area contributed by atoms with E-state index in [-0.39, 0.29) is 0 Å². The van der Waals surface area contributed by atoms with Crippen LogP contribution in [0.2, 0.25) is 0 Å². The van der Waals surface area contributed by atoms with Crippen LogP contribution in [0.15, 0.2) is 35.7 Å². The molecule has 0 aliphatic rings. The van der Waals surface area contributed by atoms with E-state index < -0.39 is 10.8 Å². The van der Waals surface area contributed by atoms with Gasteiger partial charge in [-0.2, -0.15) is 0 Å². The number of aromatic amines is 1. The number of aryl methyl sites for hydroxylation is 1. The van der Waals surface area contributed by atoms with Crippen molar-refractivity contribution in [2.45, 2.75) is 31.7 Å². The van der Waals surface area contributed by atoms with Crippen LogP contribution in [0, 0.1) is 12.8 Å². The summed E-state index contributed by atoms with van der Waals surface area (Å²) in [7, 11) is -1.14. The van der Waals surface area contributed by atoms with Crippen LogP contribution < -0.4 is 5.32 Å². The van der Waals surface area contributed by atoms with E-state index in [9.17, 15) is 4.21 Å². The van der Waals surface area contributed by atoms with Crippen LogP contribution in [0.3, 0.4) is 0 Å². The average molecular weight is 291 g/mol. The van der Waals surface area contributed by atoms with E-state index in [1.54, 1.807) is 12.4 Å². The Morgan fingerprint density at radius 1 is 1.40 bits per heavy atom. The van der Waals surface area contributed by atoms with Gasteiger partial charge < -0.3 is 10.3 Å². The van der Waals surface area contributed by atoms with Crippen molar-refractivity contribution in [3.05, 3.63) is 41.7 Å². The highest BCUT2D eigenvalue weighted by Gasteiger charge is 2.13. The average Bonchev–Trinajstić information content (AvgIpc) is 2.93. The van der Waals surface area contributed by atoms with Gasteiger partial charge in [0.05, 0.1) is 16.6 Å². The maximum atomic E-state index is 12.3. The molecule has 2 aromatic rings. The fourth-order valence-electron chi connectivity index (χ4n) is 1.95. The Labute approximate surface area is 122 Å². The van der Waals surface area contributed by atoms with Gasteiger partial charge in [0, 0.05) is 24.6 Å². The molecule has 1 unspecified atom stereocenters. The topological polar surface area (TPSA) is 57.8 Å². The molecule has 1 aromatic carbocycles. The van der Waals surface area contributed by atoms with E-state index in [2.05, 4.69) is 42.1 Å². The van der Waals surface area contributed by atoms with Gasteiger partial charge in [-0.3, -0.25) is 4.21 Å². The zero-order valence-corrected chi connectivity index (χ0v) is 13.0. The molecule has 108 valence electrons. The third kappa shape index (κ3) is 3.70. The van der Waals surface area contributed by atoms with E-state index in [1.165, 1.54) is 0 Å². The zero-order valence-electron chi connectivity index (χ0n) is 12.1. The molecule has 0 aliphatic heterocycles. The largest absolute Gasteiger partial charge is 0.385 e. The van der Waals surface area contributed by atoms with E-state index in [0.717, 1.165) is 23.4 Å². The summed E-state index contributed by atoms with van der Waals surface area (Å²) in [5.41, 5.74) is 3.32. The number of hydrogen-bond donors (Lipinski definition) is 2. The van der Waals surface area contributed by atoms with E-state index in [0.29, 0.717) is 16.8 Å². The van der Waals surface area contributed by atoms with Crippen LogP contribution in [-0.2, 0) is 16.6 Å². The van der Waals surface area contributed by atoms with E-state index >= 15 is 0 Å². The van der Waals surface area contributed by atoms with Crippen molar-refractivity contribution < 1.29 is 4.21 Å². The van der Waals surface area contributed by atoms with Crippen LogP contribution >= 0.6 is 0 Å². The monoisotopic (exact) mass is 291 g/mol. The Hall–Kier alpha value is -1.62. The number of nitrogens with one attached hydrogen (secondary N) is 2. The maximum absolute atomic E-state index is 12.3. The normalized spacial score (nSPS) is 12.6. The quantitative estimate of drug-likeness (QED) is 0.860. The second-order valence-corrected chi connectivity index (χ2v) is 6.63. The SMILES string of the molecule is Cc1cccc(NCC(C)C)c1CS(=O)c1ncc[nH]1. The summed E-state index contributed by atoms with van der Waals surface area (Å²) in [5, 5.41) is 3.97. The van der Waals surface area contributed by atoms with Crippen LogP contribution in [0.4, 0.5) is 5.69 Å². The summed E-state index contributed by atoms with van der Waals surface area (Å²) in [6, 6.07) is 6.12. The van der Waals surface area contributed by atoms with Gasteiger partial charge in [0.15, 0.2) is 5.16 Å². The highest BCUT2D eigenvalue weighted by molar-refractivity contribution is 7.84. The summed E-state index contributed by atoms with van der Waals surface area (Å²) in [6.07, 6.45) is 3.33. The first-order chi connectivity index (χ1) is 9.58. The van der Waals surface area contributed by atoms with Gasteiger partial charge >= 0.3 is 0 Å². The fourth-order valence-corrected chi connectivity index (χ4v) is 3.11. The lowest BCUT2D eigenvalue weighted by Gasteiger charge is -2.15. The number of nitrogens with zero attached hydrogens (tertiary/aromatic N) is 1. The van der Waals surface area contributed by atoms with Gasteiger partial charge in [0.2, 0.25) is 0 Å². The van der Waals surface area contributed by atoms with E-state index in [1.807, 2.05) is 12.1 Å². The molecule has 0 saturated heterocycles. The molecule has 0 radical (unpaired) electrons. The van der Waals surface area contributed by atoms with Gasteiger partial charge in [-0.15, -0.1) is 0 Å². The molecule has 0 saturated carbocycles. The molecular formula is C15H21N3OS. The van der Waals surface area contributed by atoms with Crippen molar-refractivity contribution in [3.8, 4) is 0 Å². The molecule has 0 amide bonds. The number of imidazole rings is 1. The molecule has 1 aromatic heterocycles. The van der Waals surface area contributed by atoms with Crippen LogP contribution in [0.5, 0.6) is 0 Å². The second kappa shape index (κ2) is 6.70. The van der Waals surface area contributed by atoms with Crippen molar-refractivity contribution in [2.75, 3.05) is 11.9 Å². The number of rotatable bonds is 6. The minimum Gasteiger partial charge on any atom is -0.385 e. The van der Waals surface area contributed by atoms with Crippen molar-refractivity contribution in [2.24, 2.45) is 5.92 Å². The van der Waals surface area contributed by atoms with Gasteiger partial charge in [0.1, 0.15) is 0 Å². The van der Waals surface area contributed by atoms with Crippen molar-refractivity contribution in [1.29, 1.82) is 0 Å². The van der Waals surface area contributed by atoms with Gasteiger partial charge in [-0.05, 0) is 30.0 Å². The third-order valence-corrected chi connectivity index (χ3v) is 4.28. The molecule has 5 heteroatoms. The predicted molar refractivity (Wildman–Crippen MR) is 83.2 cm³/mol. The number of hydrogen-bond acceptors (Lipinski definition) is 3. The number of aromatic nitrogens is 2. The van der Waals surface area contributed by atoms with E-state index in [4.69, 9.17) is 0 Å². The lowest BCUT2D eigenvalue weighted by atomic mass is 10.1. The number of benzene rings is 1. The Kier molecular flexibility index (Phi) is 4.95. The van der Waals surface area contributed by atoms with Crippen molar-refractivity contribution in [1.82, 2.24) is 9.97 Å². The first kappa shape index (κ1) is 14.8. The Bertz CT molecular complexity index is 579. The van der Waals surface area contributed by atoms with Crippen molar-refractivity contribution in [3.63, 3.8) is 0 Å². The summed E-state index contributed by atoms with van der Waals surface area (Å²) in [6.45, 7) is 7.30. The lowest BCUT2D eigenvalue weighted by molar-refractivity contribution is 0.676. The number of anilines is 1. The fraction of sp³-hybridized carbons (Fsp3) is 0.400. The molecule has 0 bridgehead atoms.